The lowest BCUT2D eigenvalue weighted by molar-refractivity contribution is -0.116. The van der Waals surface area contributed by atoms with Crippen molar-refractivity contribution in [1.29, 1.82) is 0 Å². The first-order chi connectivity index (χ1) is 10.4. The van der Waals surface area contributed by atoms with Gasteiger partial charge in [-0.25, -0.2) is 4.79 Å². The zero-order valence-electron chi connectivity index (χ0n) is 12.7. The SMILES string of the molecule is C=CCC(O)(CC=C)C1CCC(n2cc(C)c(=O)[nH]c2=O)O1. The number of nitrogens with one attached hydrogen (secondary N) is 1. The van der Waals surface area contributed by atoms with Crippen LogP contribution in [0.5, 0.6) is 0 Å². The van der Waals surface area contributed by atoms with Crippen LogP contribution < -0.4 is 11.2 Å². The zero-order chi connectivity index (χ0) is 16.3. The van der Waals surface area contributed by atoms with Crippen LogP contribution in [0.3, 0.4) is 0 Å². The smallest absolute Gasteiger partial charge is 0.330 e. The Balaban J connectivity index is 2.24. The fraction of sp³-hybridized carbons (Fsp3) is 0.500. The van der Waals surface area contributed by atoms with Gasteiger partial charge in [0.05, 0.1) is 11.7 Å². The highest BCUT2D eigenvalue weighted by atomic mass is 16.5. The molecule has 2 heterocycles. The number of ether oxygens (including phenoxy) is 1. The van der Waals surface area contributed by atoms with Crippen molar-refractivity contribution < 1.29 is 9.84 Å². The van der Waals surface area contributed by atoms with Crippen LogP contribution in [0.15, 0.2) is 41.1 Å². The van der Waals surface area contributed by atoms with Gasteiger partial charge in [0.2, 0.25) is 0 Å². The average molecular weight is 306 g/mol. The molecule has 1 aliphatic heterocycles. The first kappa shape index (κ1) is 16.5. The zero-order valence-corrected chi connectivity index (χ0v) is 12.7. The number of aliphatic hydroxyl groups is 1. The largest absolute Gasteiger partial charge is 0.387 e. The number of aryl methyl sites for hydroxylation is 1. The van der Waals surface area contributed by atoms with Crippen LogP contribution in [-0.4, -0.2) is 26.4 Å². The third kappa shape index (κ3) is 3.13. The lowest BCUT2D eigenvalue weighted by Crippen LogP contribution is -2.42. The summed E-state index contributed by atoms with van der Waals surface area (Å²) in [4.78, 5) is 25.6. The highest BCUT2D eigenvalue weighted by Gasteiger charge is 2.41. The van der Waals surface area contributed by atoms with Crippen LogP contribution in [0.2, 0.25) is 0 Å². The Morgan fingerprint density at radius 2 is 2.05 bits per heavy atom. The first-order valence-corrected chi connectivity index (χ1v) is 7.33. The summed E-state index contributed by atoms with van der Waals surface area (Å²) in [6.07, 6.45) is 5.87. The molecule has 22 heavy (non-hydrogen) atoms. The predicted octanol–water partition coefficient (Wildman–Crippen LogP) is 1.41. The van der Waals surface area contributed by atoms with E-state index in [4.69, 9.17) is 4.74 Å². The molecule has 0 amide bonds. The van der Waals surface area contributed by atoms with Crippen LogP contribution in [0.1, 0.15) is 37.5 Å². The second-order valence-electron chi connectivity index (χ2n) is 5.72. The van der Waals surface area contributed by atoms with Crippen molar-refractivity contribution >= 4 is 0 Å². The van der Waals surface area contributed by atoms with Crippen molar-refractivity contribution in [3.63, 3.8) is 0 Å². The molecule has 2 atom stereocenters. The highest BCUT2D eigenvalue weighted by molar-refractivity contribution is 5.03. The lowest BCUT2D eigenvalue weighted by atomic mass is 9.87. The van der Waals surface area contributed by atoms with E-state index in [9.17, 15) is 14.7 Å². The van der Waals surface area contributed by atoms with Gasteiger partial charge in [0.25, 0.3) is 5.56 Å². The quantitative estimate of drug-likeness (QED) is 0.778. The van der Waals surface area contributed by atoms with Crippen LogP contribution >= 0.6 is 0 Å². The molecule has 0 spiro atoms. The van der Waals surface area contributed by atoms with Crippen molar-refractivity contribution in [2.75, 3.05) is 0 Å². The maximum atomic E-state index is 11.9. The molecule has 0 radical (unpaired) electrons. The number of nitrogens with zero attached hydrogens (tertiary/aromatic N) is 1. The second kappa shape index (κ2) is 6.46. The molecular weight excluding hydrogens is 284 g/mol. The molecule has 0 bridgehead atoms. The Morgan fingerprint density at radius 3 is 2.64 bits per heavy atom. The molecule has 0 saturated carbocycles. The van der Waals surface area contributed by atoms with Crippen molar-refractivity contribution in [2.45, 2.75) is 50.5 Å². The van der Waals surface area contributed by atoms with Gasteiger partial charge in [-0.1, -0.05) is 12.2 Å². The number of aromatic amines is 1. The molecule has 0 aliphatic carbocycles. The molecule has 1 saturated heterocycles. The van der Waals surface area contributed by atoms with Crippen molar-refractivity contribution in [3.8, 4) is 0 Å². The highest BCUT2D eigenvalue weighted by Crippen LogP contribution is 2.36. The third-order valence-electron chi connectivity index (χ3n) is 4.05. The average Bonchev–Trinajstić information content (AvgIpc) is 2.93. The van der Waals surface area contributed by atoms with Gasteiger partial charge >= 0.3 is 5.69 Å². The van der Waals surface area contributed by atoms with Gasteiger partial charge in [-0.3, -0.25) is 14.3 Å². The van der Waals surface area contributed by atoms with Gasteiger partial charge in [0.1, 0.15) is 6.23 Å². The first-order valence-electron chi connectivity index (χ1n) is 7.33. The predicted molar refractivity (Wildman–Crippen MR) is 83.8 cm³/mol. The van der Waals surface area contributed by atoms with Crippen molar-refractivity contribution in [3.05, 3.63) is 57.9 Å². The Labute approximate surface area is 128 Å². The van der Waals surface area contributed by atoms with Gasteiger partial charge in [-0.2, -0.15) is 0 Å². The fourth-order valence-corrected chi connectivity index (χ4v) is 2.87. The molecule has 6 nitrogen and oxygen atoms in total. The summed E-state index contributed by atoms with van der Waals surface area (Å²) < 4.78 is 7.26. The Bertz CT molecular complexity index is 663. The van der Waals surface area contributed by atoms with Gasteiger partial charge in [-0.15, -0.1) is 13.2 Å². The van der Waals surface area contributed by atoms with E-state index in [2.05, 4.69) is 18.1 Å². The molecule has 2 N–H and O–H groups in total. The maximum Gasteiger partial charge on any atom is 0.330 e. The Kier molecular flexibility index (Phi) is 4.83. The van der Waals surface area contributed by atoms with Crippen molar-refractivity contribution in [2.24, 2.45) is 0 Å². The van der Waals surface area contributed by atoms with Gasteiger partial charge in [-0.05, 0) is 32.6 Å². The molecule has 2 rings (SSSR count). The summed E-state index contributed by atoms with van der Waals surface area (Å²) in [5.74, 6) is 0. The monoisotopic (exact) mass is 306 g/mol. The fourth-order valence-electron chi connectivity index (χ4n) is 2.87. The minimum atomic E-state index is -1.07. The summed E-state index contributed by atoms with van der Waals surface area (Å²) >= 11 is 0. The topological polar surface area (TPSA) is 84.3 Å². The van der Waals surface area contributed by atoms with Gasteiger partial charge in [0.15, 0.2) is 0 Å². The summed E-state index contributed by atoms with van der Waals surface area (Å²) in [5.41, 5.74) is -1.53. The normalized spacial score (nSPS) is 21.7. The molecule has 1 aromatic heterocycles. The van der Waals surface area contributed by atoms with Gasteiger partial charge in [0, 0.05) is 11.8 Å². The summed E-state index contributed by atoms with van der Waals surface area (Å²) in [6.45, 7) is 8.97. The van der Waals surface area contributed by atoms with E-state index >= 15 is 0 Å². The molecule has 2 unspecified atom stereocenters. The molecule has 120 valence electrons. The van der Waals surface area contributed by atoms with E-state index in [1.165, 1.54) is 10.8 Å². The summed E-state index contributed by atoms with van der Waals surface area (Å²) in [5, 5.41) is 10.7. The van der Waals surface area contributed by atoms with Crippen molar-refractivity contribution in [1.82, 2.24) is 9.55 Å². The van der Waals surface area contributed by atoms with Crippen LogP contribution in [-0.2, 0) is 4.74 Å². The number of hydrogen-bond donors (Lipinski definition) is 2. The maximum absolute atomic E-state index is 11.9. The van der Waals surface area contributed by atoms with Gasteiger partial charge < -0.3 is 9.84 Å². The Morgan fingerprint density at radius 1 is 1.41 bits per heavy atom. The van der Waals surface area contributed by atoms with E-state index in [-0.39, 0.29) is 0 Å². The van der Waals surface area contributed by atoms with E-state index in [1.807, 2.05) is 0 Å². The molecule has 1 aliphatic rings. The standard InChI is InChI=1S/C16H22N2O4/c1-4-8-16(21,9-5-2)12-6-7-13(22-12)18-10-11(3)14(19)17-15(18)20/h4-5,10,12-13,21H,1-2,6-9H2,3H3,(H,17,19,20). The van der Waals surface area contributed by atoms with Crippen LogP contribution in [0, 0.1) is 6.92 Å². The van der Waals surface area contributed by atoms with Crippen LogP contribution in [0.4, 0.5) is 0 Å². The summed E-state index contributed by atoms with van der Waals surface area (Å²) in [7, 11) is 0. The van der Waals surface area contributed by atoms with E-state index in [0.717, 1.165) is 0 Å². The van der Waals surface area contributed by atoms with E-state index < -0.39 is 29.2 Å². The van der Waals surface area contributed by atoms with E-state index in [0.29, 0.717) is 31.2 Å². The second-order valence-corrected chi connectivity index (χ2v) is 5.72. The molecule has 6 heteroatoms. The number of aromatic nitrogens is 2. The molecular formula is C16H22N2O4. The number of rotatable bonds is 6. The minimum Gasteiger partial charge on any atom is -0.387 e. The molecule has 1 aromatic rings. The van der Waals surface area contributed by atoms with Crippen LogP contribution in [0.25, 0.3) is 0 Å². The van der Waals surface area contributed by atoms with E-state index in [1.54, 1.807) is 19.1 Å². The minimum absolute atomic E-state index is 0.385. The Hall–Kier alpha value is -1.92. The lowest BCUT2D eigenvalue weighted by Gasteiger charge is -2.32. The third-order valence-corrected chi connectivity index (χ3v) is 4.05. The molecule has 0 aromatic carbocycles. The molecule has 1 fully saturated rings. The number of hydrogen-bond acceptors (Lipinski definition) is 4. The number of H-pyrrole nitrogens is 1. The summed E-state index contributed by atoms with van der Waals surface area (Å²) in [6, 6.07) is 0.